The molecule has 2 aromatic rings. The Bertz CT molecular complexity index is 1140. The molecule has 45 heavy (non-hydrogen) atoms. The Morgan fingerprint density at radius 2 is 0.778 bits per heavy atom. The fourth-order valence-corrected chi connectivity index (χ4v) is 7.96. The molecule has 8 heteroatoms. The number of azide groups is 2. The molecule has 0 saturated heterocycles. The van der Waals surface area contributed by atoms with Crippen LogP contribution >= 0.6 is 31.9 Å². The van der Waals surface area contributed by atoms with Gasteiger partial charge in [0.15, 0.2) is 0 Å². The molecule has 1 aliphatic carbocycles. The van der Waals surface area contributed by atoms with Gasteiger partial charge < -0.3 is 0 Å². The molecule has 6 nitrogen and oxygen atoms in total. The van der Waals surface area contributed by atoms with Gasteiger partial charge in [-0.1, -0.05) is 170 Å². The Morgan fingerprint density at radius 3 is 1.11 bits per heavy atom. The van der Waals surface area contributed by atoms with Crippen molar-refractivity contribution in [3.8, 4) is 11.1 Å². The number of nitrogens with zero attached hydrogens (tertiary/aromatic N) is 6. The van der Waals surface area contributed by atoms with Crippen molar-refractivity contribution in [3.63, 3.8) is 0 Å². The molecule has 0 bridgehead atoms. The molecule has 0 spiro atoms. The summed E-state index contributed by atoms with van der Waals surface area (Å²) >= 11 is 7.63. The number of unbranched alkanes of at least 4 members (excludes halogenated alkanes) is 18. The first-order valence-corrected chi connectivity index (χ1v) is 19.3. The van der Waals surface area contributed by atoms with E-state index in [1.165, 1.54) is 160 Å². The minimum atomic E-state index is 0.101. The quantitative estimate of drug-likeness (QED) is 0.0397. The van der Waals surface area contributed by atoms with Crippen LogP contribution in [0.5, 0.6) is 0 Å². The molecule has 0 unspecified atom stereocenters. The molecule has 246 valence electrons. The van der Waals surface area contributed by atoms with E-state index in [1.54, 1.807) is 0 Å². The van der Waals surface area contributed by atoms with E-state index in [-0.39, 0.29) is 5.41 Å². The highest BCUT2D eigenvalue weighted by Crippen LogP contribution is 2.55. The van der Waals surface area contributed by atoms with Crippen molar-refractivity contribution in [1.29, 1.82) is 0 Å². The maximum Gasteiger partial charge on any atom is 0.0257 e. The minimum Gasteiger partial charge on any atom is -0.0940 e. The Hall–Kier alpha value is -1.98. The highest BCUT2D eigenvalue weighted by Gasteiger charge is 2.42. The van der Waals surface area contributed by atoms with E-state index in [0.29, 0.717) is 13.1 Å². The van der Waals surface area contributed by atoms with Gasteiger partial charge in [0.2, 0.25) is 0 Å². The van der Waals surface area contributed by atoms with Gasteiger partial charge in [-0.25, -0.2) is 0 Å². The number of hydrogen-bond acceptors (Lipinski definition) is 2. The second-order valence-corrected chi connectivity index (χ2v) is 14.8. The summed E-state index contributed by atoms with van der Waals surface area (Å²) in [4.78, 5) is 5.67. The second kappa shape index (κ2) is 22.5. The molecule has 0 radical (unpaired) electrons. The first kappa shape index (κ1) is 37.5. The Labute approximate surface area is 289 Å². The van der Waals surface area contributed by atoms with E-state index < -0.39 is 0 Å². The third-order valence-corrected chi connectivity index (χ3v) is 10.6. The Balaban J connectivity index is 1.47. The highest BCUT2D eigenvalue weighted by atomic mass is 79.9. The van der Waals surface area contributed by atoms with Crippen LogP contribution in [-0.4, -0.2) is 13.1 Å². The Kier molecular flexibility index (Phi) is 18.8. The molecular weight excluding hydrogens is 688 g/mol. The zero-order valence-electron chi connectivity index (χ0n) is 27.4. The zero-order valence-corrected chi connectivity index (χ0v) is 30.5. The van der Waals surface area contributed by atoms with Gasteiger partial charge in [0, 0.05) is 37.3 Å². The van der Waals surface area contributed by atoms with Crippen LogP contribution in [0.15, 0.2) is 55.6 Å². The third kappa shape index (κ3) is 13.0. The molecule has 0 aromatic heterocycles. The van der Waals surface area contributed by atoms with Crippen molar-refractivity contribution in [3.05, 3.63) is 77.4 Å². The number of benzene rings is 2. The largest absolute Gasteiger partial charge is 0.0940 e. The van der Waals surface area contributed by atoms with Crippen LogP contribution in [0.2, 0.25) is 0 Å². The van der Waals surface area contributed by atoms with Crippen LogP contribution in [0, 0.1) is 0 Å². The SMILES string of the molecule is [N-]=[N+]=NCCCCCCCCCCCCC1(CCCCCCCCCCCCN=[N+]=[N-])c2cc(Br)ccc2-c2ccc(Br)cc21. The lowest BCUT2D eigenvalue weighted by atomic mass is 9.70. The van der Waals surface area contributed by atoms with Gasteiger partial charge in [0.1, 0.15) is 0 Å². The van der Waals surface area contributed by atoms with Crippen molar-refractivity contribution in [2.45, 2.75) is 147 Å². The van der Waals surface area contributed by atoms with Crippen molar-refractivity contribution < 1.29 is 0 Å². The fourth-order valence-electron chi connectivity index (χ4n) is 7.24. The standard InChI is InChI=1S/C37H54Br2N6/c38-31-21-23-33-34-24-22-32(39)30-36(34)37(35(33)29-31,25-17-13-9-5-1-3-7-11-15-19-27-42-44-40)26-18-14-10-6-2-4-8-12-16-20-28-43-45-41/h21-24,29-30H,1-20,25-28H2. The van der Waals surface area contributed by atoms with E-state index in [9.17, 15) is 0 Å². The molecule has 0 heterocycles. The smallest absolute Gasteiger partial charge is 0.0257 e. The van der Waals surface area contributed by atoms with Crippen LogP contribution in [-0.2, 0) is 5.41 Å². The highest BCUT2D eigenvalue weighted by molar-refractivity contribution is 9.10. The average molecular weight is 743 g/mol. The monoisotopic (exact) mass is 740 g/mol. The molecule has 0 fully saturated rings. The number of fused-ring (bicyclic) bond motifs is 3. The van der Waals surface area contributed by atoms with Crippen molar-refractivity contribution in [2.24, 2.45) is 10.2 Å². The first-order chi connectivity index (χ1) is 22.1. The number of halogens is 2. The summed E-state index contributed by atoms with van der Waals surface area (Å²) < 4.78 is 2.38. The van der Waals surface area contributed by atoms with Gasteiger partial charge in [-0.05, 0) is 83.3 Å². The van der Waals surface area contributed by atoms with Crippen LogP contribution in [0.1, 0.15) is 152 Å². The summed E-state index contributed by atoms with van der Waals surface area (Å²) in [5.41, 5.74) is 22.8. The predicted molar refractivity (Wildman–Crippen MR) is 198 cm³/mol. The van der Waals surface area contributed by atoms with Gasteiger partial charge in [-0.3, -0.25) is 0 Å². The topological polar surface area (TPSA) is 97.5 Å². The van der Waals surface area contributed by atoms with Crippen molar-refractivity contribution in [2.75, 3.05) is 13.1 Å². The normalized spacial score (nSPS) is 12.8. The van der Waals surface area contributed by atoms with E-state index >= 15 is 0 Å². The average Bonchev–Trinajstić information content (AvgIpc) is 3.29. The second-order valence-electron chi connectivity index (χ2n) is 12.9. The predicted octanol–water partition coefficient (Wildman–Crippen LogP) is 14.7. The lowest BCUT2D eigenvalue weighted by Gasteiger charge is -2.33. The van der Waals surface area contributed by atoms with Crippen LogP contribution in [0.4, 0.5) is 0 Å². The maximum absolute atomic E-state index is 8.37. The summed E-state index contributed by atoms with van der Waals surface area (Å²) in [6, 6.07) is 13.9. The molecular formula is C37H54Br2N6. The molecule has 0 saturated carbocycles. The first-order valence-electron chi connectivity index (χ1n) is 17.7. The molecule has 1 aliphatic rings. The summed E-state index contributed by atoms with van der Waals surface area (Å²) in [6.07, 6.45) is 27.8. The lowest BCUT2D eigenvalue weighted by molar-refractivity contribution is 0.396. The lowest BCUT2D eigenvalue weighted by Crippen LogP contribution is -2.25. The summed E-state index contributed by atoms with van der Waals surface area (Å²) in [5.74, 6) is 0. The van der Waals surface area contributed by atoms with Gasteiger partial charge in [-0.2, -0.15) is 0 Å². The van der Waals surface area contributed by atoms with Gasteiger partial charge >= 0.3 is 0 Å². The van der Waals surface area contributed by atoms with E-state index in [1.807, 2.05) is 0 Å². The molecule has 0 aliphatic heterocycles. The fraction of sp³-hybridized carbons (Fsp3) is 0.676. The van der Waals surface area contributed by atoms with Crippen molar-refractivity contribution in [1.82, 2.24) is 0 Å². The summed E-state index contributed by atoms with van der Waals surface area (Å²) in [5, 5.41) is 7.26. The molecule has 2 aromatic carbocycles. The summed E-state index contributed by atoms with van der Waals surface area (Å²) in [7, 11) is 0. The van der Waals surface area contributed by atoms with Crippen LogP contribution < -0.4 is 0 Å². The van der Waals surface area contributed by atoms with Gasteiger partial charge in [-0.15, -0.1) is 0 Å². The summed E-state index contributed by atoms with van der Waals surface area (Å²) in [6.45, 7) is 1.29. The van der Waals surface area contributed by atoms with E-state index in [4.69, 9.17) is 11.1 Å². The Morgan fingerprint density at radius 1 is 0.467 bits per heavy atom. The molecule has 3 rings (SSSR count). The molecule has 0 amide bonds. The van der Waals surface area contributed by atoms with E-state index in [0.717, 1.165) is 12.8 Å². The zero-order chi connectivity index (χ0) is 32.0. The number of rotatable bonds is 26. The number of hydrogen-bond donors (Lipinski definition) is 0. The molecule has 0 atom stereocenters. The maximum atomic E-state index is 8.37. The van der Waals surface area contributed by atoms with Crippen molar-refractivity contribution >= 4 is 31.9 Å². The molecule has 0 N–H and O–H groups in total. The van der Waals surface area contributed by atoms with Crippen LogP contribution in [0.3, 0.4) is 0 Å². The minimum absolute atomic E-state index is 0.101. The van der Waals surface area contributed by atoms with Gasteiger partial charge in [0.05, 0.1) is 0 Å². The van der Waals surface area contributed by atoms with Crippen LogP contribution in [0.25, 0.3) is 32.0 Å². The third-order valence-electron chi connectivity index (χ3n) is 9.63. The van der Waals surface area contributed by atoms with Gasteiger partial charge in [0.25, 0.3) is 0 Å². The van der Waals surface area contributed by atoms with E-state index in [2.05, 4.69) is 88.3 Å².